The molecule has 4 nitrogen and oxygen atoms in total. The highest BCUT2D eigenvalue weighted by molar-refractivity contribution is 7.90. The molecule has 0 bridgehead atoms. The minimum Gasteiger partial charge on any atom is -0.273 e. The molecule has 0 unspecified atom stereocenters. The zero-order valence-electron chi connectivity index (χ0n) is 14.7. The van der Waals surface area contributed by atoms with E-state index in [4.69, 9.17) is 0 Å². The van der Waals surface area contributed by atoms with Gasteiger partial charge in [-0.1, -0.05) is 67.6 Å². The number of sulfonamides is 1. The maximum Gasteiger partial charge on any atom is 0.271 e. The molecule has 2 aliphatic rings. The van der Waals surface area contributed by atoms with Gasteiger partial charge in [-0.3, -0.25) is 4.79 Å². The molecule has 1 amide bonds. The number of fused-ring (bicyclic) bond motifs is 4. The quantitative estimate of drug-likeness (QED) is 0.644. The molecule has 0 fully saturated rings. The number of allylic oxidation sites excluding steroid dienone is 1. The van der Waals surface area contributed by atoms with E-state index in [0.29, 0.717) is 11.3 Å². The summed E-state index contributed by atoms with van der Waals surface area (Å²) in [6.45, 7) is 1.99. The van der Waals surface area contributed by atoms with Crippen LogP contribution in [0.4, 0.5) is 0 Å². The number of hydrogen-bond donors (Lipinski definition) is 0. The standard InChI is InChI=1S/C22H17NO3S/c1-22(17-11-10-15-6-2-3-7-16(15)12-17)13-19-18-8-4-5-9-20(18)27(25,26)23(19)21(24)14-22/h2-13H,14H2,1H3/t22-/m1/s1. The van der Waals surface area contributed by atoms with E-state index in [1.807, 2.05) is 49.4 Å². The summed E-state index contributed by atoms with van der Waals surface area (Å²) in [7, 11) is -3.81. The van der Waals surface area contributed by atoms with Crippen molar-refractivity contribution >= 4 is 32.4 Å². The third kappa shape index (κ3) is 2.21. The highest BCUT2D eigenvalue weighted by Gasteiger charge is 2.48. The molecule has 0 spiro atoms. The Bertz CT molecular complexity index is 1260. The molecule has 0 saturated heterocycles. The van der Waals surface area contributed by atoms with Crippen LogP contribution in [-0.2, 0) is 20.2 Å². The number of nitrogens with zero attached hydrogens (tertiary/aromatic N) is 1. The fourth-order valence-electron chi connectivity index (χ4n) is 4.11. The van der Waals surface area contributed by atoms with Crippen LogP contribution < -0.4 is 0 Å². The molecule has 3 aromatic carbocycles. The predicted molar refractivity (Wildman–Crippen MR) is 104 cm³/mol. The van der Waals surface area contributed by atoms with Crippen molar-refractivity contribution in [1.29, 1.82) is 0 Å². The normalized spacial score (nSPS) is 23.1. The molecule has 0 radical (unpaired) electrons. The van der Waals surface area contributed by atoms with E-state index in [2.05, 4.69) is 6.07 Å². The van der Waals surface area contributed by atoms with Crippen LogP contribution >= 0.6 is 0 Å². The third-order valence-electron chi connectivity index (χ3n) is 5.51. The van der Waals surface area contributed by atoms with Crippen LogP contribution in [0.1, 0.15) is 24.5 Å². The summed E-state index contributed by atoms with van der Waals surface area (Å²) in [5.74, 6) is -0.389. The Morgan fingerprint density at radius 3 is 2.44 bits per heavy atom. The lowest BCUT2D eigenvalue weighted by Gasteiger charge is -2.34. The minimum absolute atomic E-state index is 0.113. The van der Waals surface area contributed by atoms with Gasteiger partial charge in [0.15, 0.2) is 0 Å². The summed E-state index contributed by atoms with van der Waals surface area (Å²) < 4.78 is 26.6. The van der Waals surface area contributed by atoms with Crippen LogP contribution in [0, 0.1) is 0 Å². The van der Waals surface area contributed by atoms with E-state index in [1.165, 1.54) is 0 Å². The van der Waals surface area contributed by atoms with Gasteiger partial charge in [0.25, 0.3) is 10.0 Å². The molecule has 2 heterocycles. The molecule has 2 aliphatic heterocycles. The molecule has 0 aromatic heterocycles. The van der Waals surface area contributed by atoms with Gasteiger partial charge in [-0.25, -0.2) is 12.7 Å². The van der Waals surface area contributed by atoms with Crippen LogP contribution in [0.2, 0.25) is 0 Å². The third-order valence-corrected chi connectivity index (χ3v) is 7.30. The predicted octanol–water partition coefficient (Wildman–Crippen LogP) is 4.07. The monoisotopic (exact) mass is 375 g/mol. The minimum atomic E-state index is -3.81. The molecular weight excluding hydrogens is 358 g/mol. The fraction of sp³-hybridized carbons (Fsp3) is 0.136. The Hall–Kier alpha value is -2.92. The van der Waals surface area contributed by atoms with Crippen LogP contribution in [0.15, 0.2) is 77.7 Å². The number of hydrogen-bond acceptors (Lipinski definition) is 3. The van der Waals surface area contributed by atoms with Crippen molar-refractivity contribution in [2.75, 3.05) is 0 Å². The zero-order valence-corrected chi connectivity index (χ0v) is 15.5. The summed E-state index contributed by atoms with van der Waals surface area (Å²) in [5, 5.41) is 2.24. The number of carbonyl (C=O) groups excluding carboxylic acids is 1. The Kier molecular flexibility index (Phi) is 3.19. The van der Waals surface area contributed by atoms with Crippen molar-refractivity contribution < 1.29 is 13.2 Å². The number of carbonyl (C=O) groups is 1. The van der Waals surface area contributed by atoms with E-state index in [0.717, 1.165) is 20.6 Å². The molecule has 5 rings (SSSR count). The largest absolute Gasteiger partial charge is 0.273 e. The number of amides is 1. The number of benzene rings is 3. The first kappa shape index (κ1) is 16.3. The highest BCUT2D eigenvalue weighted by atomic mass is 32.2. The first-order valence-corrected chi connectivity index (χ1v) is 10.2. The van der Waals surface area contributed by atoms with Gasteiger partial charge >= 0.3 is 0 Å². The smallest absolute Gasteiger partial charge is 0.271 e. The van der Waals surface area contributed by atoms with Crippen molar-refractivity contribution in [3.63, 3.8) is 0 Å². The van der Waals surface area contributed by atoms with Gasteiger partial charge in [-0.2, -0.15) is 0 Å². The summed E-state index contributed by atoms with van der Waals surface area (Å²) in [6.07, 6.45) is 2.05. The molecule has 0 saturated carbocycles. The van der Waals surface area contributed by atoms with E-state index < -0.39 is 15.4 Å². The highest BCUT2D eigenvalue weighted by Crippen LogP contribution is 2.47. The maximum atomic E-state index is 12.9. The van der Waals surface area contributed by atoms with Crippen molar-refractivity contribution in [3.05, 3.63) is 83.9 Å². The fourth-order valence-corrected chi connectivity index (χ4v) is 5.75. The van der Waals surface area contributed by atoms with Crippen LogP contribution in [0.3, 0.4) is 0 Å². The summed E-state index contributed by atoms with van der Waals surface area (Å²) in [5.41, 5.74) is 1.50. The van der Waals surface area contributed by atoms with E-state index in [-0.39, 0.29) is 17.2 Å². The summed E-state index contributed by atoms with van der Waals surface area (Å²) in [6, 6.07) is 21.0. The average Bonchev–Trinajstić information content (AvgIpc) is 2.89. The first-order valence-electron chi connectivity index (χ1n) is 8.80. The second-order valence-electron chi connectivity index (χ2n) is 7.35. The lowest BCUT2D eigenvalue weighted by atomic mass is 9.75. The average molecular weight is 375 g/mol. The van der Waals surface area contributed by atoms with Gasteiger partial charge in [0.1, 0.15) is 0 Å². The first-order chi connectivity index (χ1) is 12.9. The zero-order chi connectivity index (χ0) is 18.8. The lowest BCUT2D eigenvalue weighted by molar-refractivity contribution is -0.125. The molecule has 1 atom stereocenters. The topological polar surface area (TPSA) is 54.5 Å². The van der Waals surface area contributed by atoms with Crippen LogP contribution in [-0.4, -0.2) is 18.6 Å². The Morgan fingerprint density at radius 1 is 0.926 bits per heavy atom. The van der Waals surface area contributed by atoms with Crippen LogP contribution in [0.25, 0.3) is 16.5 Å². The lowest BCUT2D eigenvalue weighted by Crippen LogP contribution is -2.40. The maximum absolute atomic E-state index is 12.9. The SMILES string of the molecule is C[C@@]1(c2ccc3ccccc3c2)C=C2c3ccccc3S(=O)(=O)N2C(=O)C1. The van der Waals surface area contributed by atoms with E-state index in [1.54, 1.807) is 24.3 Å². The van der Waals surface area contributed by atoms with Crippen molar-refractivity contribution in [2.45, 2.75) is 23.7 Å². The van der Waals surface area contributed by atoms with Gasteiger partial charge in [0.2, 0.25) is 5.91 Å². The molecule has 27 heavy (non-hydrogen) atoms. The van der Waals surface area contributed by atoms with Gasteiger partial charge in [0.05, 0.1) is 10.6 Å². The van der Waals surface area contributed by atoms with E-state index >= 15 is 0 Å². The second kappa shape index (κ2) is 5.30. The Morgan fingerprint density at radius 2 is 1.63 bits per heavy atom. The van der Waals surface area contributed by atoms with Gasteiger partial charge < -0.3 is 0 Å². The Balaban J connectivity index is 1.73. The summed E-state index contributed by atoms with van der Waals surface area (Å²) in [4.78, 5) is 13.1. The van der Waals surface area contributed by atoms with Gasteiger partial charge in [0, 0.05) is 17.4 Å². The molecule has 134 valence electrons. The van der Waals surface area contributed by atoms with Gasteiger partial charge in [-0.05, 0) is 28.5 Å². The van der Waals surface area contributed by atoms with Crippen molar-refractivity contribution in [2.24, 2.45) is 0 Å². The molecule has 5 heteroatoms. The molecule has 3 aromatic rings. The van der Waals surface area contributed by atoms with E-state index in [9.17, 15) is 13.2 Å². The molecular formula is C22H17NO3S. The Labute approximate surface area is 157 Å². The second-order valence-corrected chi connectivity index (χ2v) is 9.10. The van der Waals surface area contributed by atoms with Crippen LogP contribution in [0.5, 0.6) is 0 Å². The van der Waals surface area contributed by atoms with Gasteiger partial charge in [-0.15, -0.1) is 0 Å². The molecule has 0 aliphatic carbocycles. The number of rotatable bonds is 1. The van der Waals surface area contributed by atoms with Crippen molar-refractivity contribution in [1.82, 2.24) is 4.31 Å². The van der Waals surface area contributed by atoms with Crippen molar-refractivity contribution in [3.8, 4) is 0 Å². The summed E-state index contributed by atoms with van der Waals surface area (Å²) >= 11 is 0. The molecule has 0 N–H and O–H groups in total.